The second kappa shape index (κ2) is 4.95. The maximum atomic E-state index is 11.0. The summed E-state index contributed by atoms with van der Waals surface area (Å²) in [5.41, 5.74) is 1.07. The van der Waals surface area contributed by atoms with Gasteiger partial charge in [-0.05, 0) is 38.6 Å². The second-order valence-corrected chi connectivity index (χ2v) is 5.76. The summed E-state index contributed by atoms with van der Waals surface area (Å²) in [4.78, 5) is 2.33. The summed E-state index contributed by atoms with van der Waals surface area (Å²) in [6.45, 7) is 5.01. The Morgan fingerprint density at radius 2 is 1.75 bits per heavy atom. The van der Waals surface area contributed by atoms with Crippen LogP contribution in [0, 0.1) is 0 Å². The van der Waals surface area contributed by atoms with Gasteiger partial charge in [0.2, 0.25) is 10.0 Å². The Hall–Kier alpha value is -0.910. The molecule has 5 heteroatoms. The second-order valence-electron chi connectivity index (χ2n) is 4.20. The molecule has 0 aromatic heterocycles. The Morgan fingerprint density at radius 3 is 2.12 bits per heavy atom. The molecule has 0 amide bonds. The van der Waals surface area contributed by atoms with Crippen molar-refractivity contribution >= 4 is 10.0 Å². The molecule has 0 bridgehead atoms. The van der Waals surface area contributed by atoms with Gasteiger partial charge in [0.05, 0.1) is 4.90 Å². The smallest absolute Gasteiger partial charge is 0.238 e. The summed E-state index contributed by atoms with van der Waals surface area (Å²) >= 11 is 0. The third-order valence-corrected chi connectivity index (χ3v) is 3.49. The summed E-state index contributed by atoms with van der Waals surface area (Å²) in [6.07, 6.45) is 0. The summed E-state index contributed by atoms with van der Waals surface area (Å²) in [5, 5.41) is 5.02. The van der Waals surface area contributed by atoms with Crippen molar-refractivity contribution < 1.29 is 8.42 Å². The molecule has 1 aromatic rings. The van der Waals surface area contributed by atoms with E-state index in [2.05, 4.69) is 18.7 Å². The van der Waals surface area contributed by atoms with E-state index >= 15 is 0 Å². The zero-order valence-electron chi connectivity index (χ0n) is 9.84. The van der Waals surface area contributed by atoms with Crippen LogP contribution in [-0.2, 0) is 16.6 Å². The van der Waals surface area contributed by atoms with Gasteiger partial charge in [0, 0.05) is 12.6 Å². The molecule has 0 fully saturated rings. The molecule has 16 heavy (non-hydrogen) atoms. The van der Waals surface area contributed by atoms with E-state index in [0.717, 1.165) is 12.1 Å². The minimum Gasteiger partial charge on any atom is -0.300 e. The predicted molar refractivity (Wildman–Crippen MR) is 64.4 cm³/mol. The van der Waals surface area contributed by atoms with E-state index < -0.39 is 10.0 Å². The Morgan fingerprint density at radius 1 is 1.25 bits per heavy atom. The molecule has 1 rings (SSSR count). The van der Waals surface area contributed by atoms with Crippen LogP contribution in [0.3, 0.4) is 0 Å². The lowest BCUT2D eigenvalue weighted by atomic mass is 10.2. The van der Waals surface area contributed by atoms with Crippen molar-refractivity contribution in [2.75, 3.05) is 7.05 Å². The highest BCUT2D eigenvalue weighted by molar-refractivity contribution is 7.89. The van der Waals surface area contributed by atoms with Gasteiger partial charge in [0.25, 0.3) is 0 Å². The molecule has 90 valence electrons. The molecule has 0 atom stereocenters. The van der Waals surface area contributed by atoms with Gasteiger partial charge in [0.1, 0.15) is 0 Å². The van der Waals surface area contributed by atoms with E-state index in [-0.39, 0.29) is 4.90 Å². The van der Waals surface area contributed by atoms with Crippen molar-refractivity contribution in [2.45, 2.75) is 31.3 Å². The SMILES string of the molecule is CC(C)N(C)Cc1ccc(S(N)(=O)=O)cc1. The lowest BCUT2D eigenvalue weighted by Crippen LogP contribution is -2.25. The van der Waals surface area contributed by atoms with Crippen LogP contribution in [0.4, 0.5) is 0 Å². The number of hydrogen-bond acceptors (Lipinski definition) is 3. The molecule has 0 aliphatic carbocycles. The highest BCUT2D eigenvalue weighted by Crippen LogP contribution is 2.11. The molecule has 0 unspecified atom stereocenters. The van der Waals surface area contributed by atoms with Gasteiger partial charge in [-0.1, -0.05) is 12.1 Å². The molecule has 0 saturated heterocycles. The van der Waals surface area contributed by atoms with Crippen LogP contribution >= 0.6 is 0 Å². The number of hydrogen-bond donors (Lipinski definition) is 1. The molecule has 0 aliphatic heterocycles. The Balaban J connectivity index is 2.80. The molecular formula is C11H18N2O2S. The average Bonchev–Trinajstić information content (AvgIpc) is 2.17. The van der Waals surface area contributed by atoms with Crippen molar-refractivity contribution in [1.29, 1.82) is 0 Å². The van der Waals surface area contributed by atoms with Gasteiger partial charge in [0.15, 0.2) is 0 Å². The van der Waals surface area contributed by atoms with Gasteiger partial charge < -0.3 is 0 Å². The fraction of sp³-hybridized carbons (Fsp3) is 0.455. The number of sulfonamides is 1. The van der Waals surface area contributed by atoms with E-state index in [1.54, 1.807) is 24.3 Å². The van der Waals surface area contributed by atoms with Gasteiger partial charge in [-0.15, -0.1) is 0 Å². The Kier molecular flexibility index (Phi) is 4.07. The first-order valence-corrected chi connectivity index (χ1v) is 6.67. The summed E-state index contributed by atoms with van der Waals surface area (Å²) in [6, 6.07) is 7.12. The van der Waals surface area contributed by atoms with E-state index in [1.165, 1.54) is 0 Å². The van der Waals surface area contributed by atoms with Crippen LogP contribution in [0.1, 0.15) is 19.4 Å². The molecule has 0 heterocycles. The normalized spacial score (nSPS) is 12.4. The molecule has 0 spiro atoms. The van der Waals surface area contributed by atoms with Gasteiger partial charge >= 0.3 is 0 Å². The zero-order valence-corrected chi connectivity index (χ0v) is 10.7. The first kappa shape index (κ1) is 13.2. The summed E-state index contributed by atoms with van der Waals surface area (Å²) in [7, 11) is -1.55. The van der Waals surface area contributed by atoms with Crippen LogP contribution < -0.4 is 5.14 Å². The fourth-order valence-electron chi connectivity index (χ4n) is 1.26. The van der Waals surface area contributed by atoms with Crippen LogP contribution in [-0.4, -0.2) is 26.4 Å². The van der Waals surface area contributed by atoms with Crippen molar-refractivity contribution in [3.63, 3.8) is 0 Å². The van der Waals surface area contributed by atoms with E-state index in [4.69, 9.17) is 5.14 Å². The number of rotatable bonds is 4. The lowest BCUT2D eigenvalue weighted by molar-refractivity contribution is 0.266. The van der Waals surface area contributed by atoms with E-state index in [1.807, 2.05) is 7.05 Å². The third kappa shape index (κ3) is 3.59. The predicted octanol–water partition coefficient (Wildman–Crippen LogP) is 1.17. The van der Waals surface area contributed by atoms with Crippen LogP contribution in [0.5, 0.6) is 0 Å². The van der Waals surface area contributed by atoms with Crippen LogP contribution in [0.25, 0.3) is 0 Å². The lowest BCUT2D eigenvalue weighted by Gasteiger charge is -2.20. The number of primary sulfonamides is 1. The van der Waals surface area contributed by atoms with Crippen molar-refractivity contribution in [3.8, 4) is 0 Å². The Labute approximate surface area is 97.1 Å². The summed E-state index contributed by atoms with van der Waals surface area (Å²) in [5.74, 6) is 0. The standard InChI is InChI=1S/C11H18N2O2S/c1-9(2)13(3)8-10-4-6-11(7-5-10)16(12,14)15/h4-7,9H,8H2,1-3H3,(H2,12,14,15). The van der Waals surface area contributed by atoms with Crippen molar-refractivity contribution in [1.82, 2.24) is 4.90 Å². The maximum Gasteiger partial charge on any atom is 0.238 e. The first-order valence-electron chi connectivity index (χ1n) is 5.12. The average molecular weight is 242 g/mol. The van der Waals surface area contributed by atoms with E-state index in [9.17, 15) is 8.42 Å². The minimum absolute atomic E-state index is 0.156. The molecule has 0 radical (unpaired) electrons. The van der Waals surface area contributed by atoms with Crippen molar-refractivity contribution in [3.05, 3.63) is 29.8 Å². The molecular weight excluding hydrogens is 224 g/mol. The fourth-order valence-corrected chi connectivity index (χ4v) is 1.77. The number of benzene rings is 1. The number of nitrogens with two attached hydrogens (primary N) is 1. The van der Waals surface area contributed by atoms with Crippen LogP contribution in [0.15, 0.2) is 29.2 Å². The van der Waals surface area contributed by atoms with Gasteiger partial charge in [-0.3, -0.25) is 4.90 Å². The van der Waals surface area contributed by atoms with Gasteiger partial charge in [-0.2, -0.15) is 0 Å². The van der Waals surface area contributed by atoms with Crippen LogP contribution in [0.2, 0.25) is 0 Å². The molecule has 0 aliphatic rings. The summed E-state index contributed by atoms with van der Waals surface area (Å²) < 4.78 is 22.1. The Bertz CT molecular complexity index is 438. The largest absolute Gasteiger partial charge is 0.300 e. The number of nitrogens with zero attached hydrogens (tertiary/aromatic N) is 1. The zero-order chi connectivity index (χ0) is 12.3. The molecule has 2 N–H and O–H groups in total. The first-order chi connectivity index (χ1) is 7.30. The quantitative estimate of drug-likeness (QED) is 0.862. The topological polar surface area (TPSA) is 63.4 Å². The highest BCUT2D eigenvalue weighted by Gasteiger charge is 2.08. The monoisotopic (exact) mass is 242 g/mol. The molecule has 1 aromatic carbocycles. The third-order valence-electron chi connectivity index (χ3n) is 2.57. The molecule has 0 saturated carbocycles. The molecule has 4 nitrogen and oxygen atoms in total. The van der Waals surface area contributed by atoms with E-state index in [0.29, 0.717) is 6.04 Å². The highest BCUT2D eigenvalue weighted by atomic mass is 32.2. The van der Waals surface area contributed by atoms with Crippen molar-refractivity contribution in [2.24, 2.45) is 5.14 Å². The van der Waals surface area contributed by atoms with Gasteiger partial charge in [-0.25, -0.2) is 13.6 Å². The minimum atomic E-state index is -3.58. The maximum absolute atomic E-state index is 11.0.